The fourth-order valence-corrected chi connectivity index (χ4v) is 4.36. The molecule has 156 valence electrons. The molecule has 0 radical (unpaired) electrons. The van der Waals surface area contributed by atoms with Crippen molar-refractivity contribution in [3.05, 3.63) is 65.7 Å². The first-order chi connectivity index (χ1) is 15.1. The smallest absolute Gasteiger partial charge is 0.259 e. The topological polar surface area (TPSA) is 68.2 Å². The molecule has 6 heteroatoms. The van der Waals surface area contributed by atoms with Gasteiger partial charge in [0.2, 0.25) is 0 Å². The highest BCUT2D eigenvalue weighted by Gasteiger charge is 2.34. The minimum atomic E-state index is -0.119. The van der Waals surface area contributed by atoms with Crippen molar-refractivity contribution in [1.29, 1.82) is 0 Å². The second-order valence-corrected chi connectivity index (χ2v) is 7.42. The Hall–Kier alpha value is -3.93. The maximum absolute atomic E-state index is 13.5. The molecular formula is C25H21NO5. The van der Waals surface area contributed by atoms with E-state index in [4.69, 9.17) is 14.2 Å². The third-order valence-corrected chi connectivity index (χ3v) is 5.83. The van der Waals surface area contributed by atoms with Gasteiger partial charge in [-0.1, -0.05) is 24.3 Å². The predicted molar refractivity (Wildman–Crippen MR) is 120 cm³/mol. The van der Waals surface area contributed by atoms with Gasteiger partial charge in [0.15, 0.2) is 11.5 Å². The van der Waals surface area contributed by atoms with Crippen molar-refractivity contribution in [2.75, 3.05) is 26.2 Å². The molecule has 6 nitrogen and oxygen atoms in total. The van der Waals surface area contributed by atoms with E-state index in [0.29, 0.717) is 29.0 Å². The summed E-state index contributed by atoms with van der Waals surface area (Å²) in [7, 11) is 4.75. The molecule has 0 saturated heterocycles. The van der Waals surface area contributed by atoms with Crippen LogP contribution in [0.25, 0.3) is 21.5 Å². The Labute approximate surface area is 179 Å². The van der Waals surface area contributed by atoms with Crippen LogP contribution in [0, 0.1) is 0 Å². The van der Waals surface area contributed by atoms with Crippen LogP contribution in [0.4, 0.5) is 5.69 Å². The fourth-order valence-electron chi connectivity index (χ4n) is 4.36. The van der Waals surface area contributed by atoms with E-state index in [0.717, 1.165) is 33.2 Å². The molecule has 1 amide bonds. The Morgan fingerprint density at radius 1 is 0.871 bits per heavy atom. The molecule has 4 aromatic carbocycles. The van der Waals surface area contributed by atoms with E-state index < -0.39 is 0 Å². The molecular weight excluding hydrogens is 394 g/mol. The van der Waals surface area contributed by atoms with Crippen molar-refractivity contribution in [1.82, 2.24) is 0 Å². The van der Waals surface area contributed by atoms with E-state index in [2.05, 4.69) is 0 Å². The van der Waals surface area contributed by atoms with E-state index in [1.165, 1.54) is 0 Å². The van der Waals surface area contributed by atoms with Gasteiger partial charge < -0.3 is 24.2 Å². The van der Waals surface area contributed by atoms with Crippen LogP contribution < -0.4 is 19.1 Å². The number of hydrogen-bond acceptors (Lipinski definition) is 5. The first-order valence-corrected chi connectivity index (χ1v) is 9.85. The molecule has 5 rings (SSSR count). The van der Waals surface area contributed by atoms with Gasteiger partial charge in [0.1, 0.15) is 11.5 Å². The molecule has 0 bridgehead atoms. The quantitative estimate of drug-likeness (QED) is 0.470. The van der Waals surface area contributed by atoms with Crippen LogP contribution >= 0.6 is 0 Å². The molecule has 0 aromatic heterocycles. The number of carbonyl (C=O) groups excluding carboxylic acids is 1. The number of amides is 1. The Morgan fingerprint density at radius 3 is 2.32 bits per heavy atom. The van der Waals surface area contributed by atoms with Crippen LogP contribution in [0.2, 0.25) is 0 Å². The number of anilines is 1. The number of rotatable bonds is 5. The lowest BCUT2D eigenvalue weighted by molar-refractivity contribution is 0.0991. The number of carbonyl (C=O) groups is 1. The zero-order valence-corrected chi connectivity index (χ0v) is 17.4. The van der Waals surface area contributed by atoms with E-state index in [1.807, 2.05) is 36.4 Å². The molecule has 0 atom stereocenters. The molecule has 0 saturated carbocycles. The van der Waals surface area contributed by atoms with Gasteiger partial charge in [0.25, 0.3) is 5.91 Å². The summed E-state index contributed by atoms with van der Waals surface area (Å²) >= 11 is 0. The number of nitrogens with zero attached hydrogens (tertiary/aromatic N) is 1. The zero-order chi connectivity index (χ0) is 21.7. The second kappa shape index (κ2) is 7.09. The van der Waals surface area contributed by atoms with Gasteiger partial charge in [0.05, 0.1) is 39.1 Å². The van der Waals surface area contributed by atoms with Gasteiger partial charge in [-0.05, 0) is 41.3 Å². The average molecular weight is 415 g/mol. The first kappa shape index (κ1) is 19.1. The Balaban J connectivity index is 1.79. The van der Waals surface area contributed by atoms with E-state index in [9.17, 15) is 9.90 Å². The highest BCUT2D eigenvalue weighted by molar-refractivity contribution is 6.31. The fraction of sp³-hybridized carbons (Fsp3) is 0.160. The van der Waals surface area contributed by atoms with E-state index >= 15 is 0 Å². The van der Waals surface area contributed by atoms with Crippen molar-refractivity contribution in [3.63, 3.8) is 0 Å². The Bertz CT molecular complexity index is 1340. The number of aromatic hydroxyl groups is 1. The third kappa shape index (κ3) is 2.75. The van der Waals surface area contributed by atoms with Gasteiger partial charge in [-0.15, -0.1) is 0 Å². The summed E-state index contributed by atoms with van der Waals surface area (Å²) in [6.07, 6.45) is 0. The van der Waals surface area contributed by atoms with Crippen LogP contribution in [-0.2, 0) is 6.54 Å². The lowest BCUT2D eigenvalue weighted by Gasteiger charge is -2.19. The molecule has 0 fully saturated rings. The van der Waals surface area contributed by atoms with Crippen molar-refractivity contribution in [3.8, 4) is 23.0 Å². The summed E-state index contributed by atoms with van der Waals surface area (Å²) < 4.78 is 16.5. The maximum atomic E-state index is 13.5. The second-order valence-electron chi connectivity index (χ2n) is 7.42. The maximum Gasteiger partial charge on any atom is 0.259 e. The van der Waals surface area contributed by atoms with Gasteiger partial charge in [-0.25, -0.2) is 0 Å². The molecule has 0 unspecified atom stereocenters. The molecule has 0 aliphatic carbocycles. The standard InChI is InChI=1S/C25H21NO5/c1-29-15-9-7-14(8-10-15)13-26-19-11-17-16(5-4-6-20(17)27)23-22(19)18(25(26)28)12-21(30-2)24(23)31-3/h4-12,27H,13H2,1-3H3. The van der Waals surface area contributed by atoms with Crippen LogP contribution in [0.3, 0.4) is 0 Å². The summed E-state index contributed by atoms with van der Waals surface area (Å²) in [6.45, 7) is 0.385. The van der Waals surface area contributed by atoms with E-state index in [-0.39, 0.29) is 11.7 Å². The summed E-state index contributed by atoms with van der Waals surface area (Å²) in [6, 6.07) is 16.6. The monoisotopic (exact) mass is 415 g/mol. The van der Waals surface area contributed by atoms with E-state index in [1.54, 1.807) is 44.4 Å². The minimum Gasteiger partial charge on any atom is -0.507 e. The minimum absolute atomic E-state index is 0.119. The number of ether oxygens (including phenoxy) is 3. The van der Waals surface area contributed by atoms with Crippen molar-refractivity contribution in [2.24, 2.45) is 0 Å². The molecule has 31 heavy (non-hydrogen) atoms. The number of benzene rings is 4. The number of hydrogen-bond donors (Lipinski definition) is 1. The number of phenolic OH excluding ortho intramolecular Hbond substituents is 1. The Kier molecular flexibility index (Phi) is 4.36. The zero-order valence-electron chi connectivity index (χ0n) is 17.4. The Morgan fingerprint density at radius 2 is 1.65 bits per heavy atom. The summed E-state index contributed by atoms with van der Waals surface area (Å²) in [5.74, 6) is 1.80. The van der Waals surface area contributed by atoms with Crippen molar-refractivity contribution in [2.45, 2.75) is 6.54 Å². The van der Waals surface area contributed by atoms with Crippen LogP contribution in [0.5, 0.6) is 23.0 Å². The predicted octanol–water partition coefficient (Wildman–Crippen LogP) is 4.88. The van der Waals surface area contributed by atoms with Crippen LogP contribution in [0.15, 0.2) is 54.6 Å². The summed E-state index contributed by atoms with van der Waals surface area (Å²) in [5.41, 5.74) is 2.26. The highest BCUT2D eigenvalue weighted by atomic mass is 16.5. The molecule has 1 N–H and O–H groups in total. The van der Waals surface area contributed by atoms with Gasteiger partial charge in [0, 0.05) is 16.2 Å². The molecule has 0 spiro atoms. The molecule has 4 aromatic rings. The van der Waals surface area contributed by atoms with Gasteiger partial charge in [-0.2, -0.15) is 0 Å². The highest BCUT2D eigenvalue weighted by Crippen LogP contribution is 2.50. The summed E-state index contributed by atoms with van der Waals surface area (Å²) in [4.78, 5) is 15.2. The number of methoxy groups -OCH3 is 3. The molecule has 1 aliphatic rings. The lowest BCUT2D eigenvalue weighted by atomic mass is 9.96. The molecule has 1 aliphatic heterocycles. The van der Waals surface area contributed by atoms with Gasteiger partial charge >= 0.3 is 0 Å². The number of fused-ring (bicyclic) bond motifs is 2. The normalized spacial score (nSPS) is 12.6. The first-order valence-electron chi connectivity index (χ1n) is 9.85. The van der Waals surface area contributed by atoms with Gasteiger partial charge in [-0.3, -0.25) is 4.79 Å². The number of phenols is 1. The summed E-state index contributed by atoms with van der Waals surface area (Å²) in [5, 5.41) is 13.6. The average Bonchev–Trinajstić information content (AvgIpc) is 3.06. The molecule has 1 heterocycles. The van der Waals surface area contributed by atoms with Crippen LogP contribution in [0.1, 0.15) is 15.9 Å². The van der Waals surface area contributed by atoms with Crippen LogP contribution in [-0.4, -0.2) is 32.3 Å². The third-order valence-electron chi connectivity index (χ3n) is 5.83. The van der Waals surface area contributed by atoms with Crippen molar-refractivity contribution >= 4 is 33.1 Å². The largest absolute Gasteiger partial charge is 0.507 e. The lowest BCUT2D eigenvalue weighted by Crippen LogP contribution is -2.26. The SMILES string of the molecule is COc1ccc(CN2C(=O)c3cc(OC)c(OC)c4c3c2cc2c(O)cccc24)cc1. The van der Waals surface area contributed by atoms with Crippen molar-refractivity contribution < 1.29 is 24.1 Å².